The molecule has 21 heavy (non-hydrogen) atoms. The van der Waals surface area contributed by atoms with Gasteiger partial charge >= 0.3 is 0 Å². The predicted molar refractivity (Wildman–Crippen MR) is 87.5 cm³/mol. The monoisotopic (exact) mass is 310 g/mol. The van der Waals surface area contributed by atoms with E-state index in [1.165, 1.54) is 6.42 Å². The van der Waals surface area contributed by atoms with Crippen molar-refractivity contribution in [2.75, 3.05) is 31.1 Å². The zero-order chi connectivity index (χ0) is 15.4. The maximum atomic E-state index is 8.73. The van der Waals surface area contributed by atoms with Gasteiger partial charge in [-0.2, -0.15) is 0 Å². The summed E-state index contributed by atoms with van der Waals surface area (Å²) in [5.74, 6) is 0.0361. The van der Waals surface area contributed by atoms with Crippen LogP contribution < -0.4 is 10.6 Å². The third kappa shape index (κ3) is 3.41. The van der Waals surface area contributed by atoms with E-state index in [1.807, 2.05) is 12.1 Å². The molecule has 0 bridgehead atoms. The molecule has 1 aromatic rings. The summed E-state index contributed by atoms with van der Waals surface area (Å²) in [5, 5.41) is 12.2. The molecule has 1 aliphatic rings. The number of hydrogen-bond donors (Lipinski definition) is 2. The first kappa shape index (κ1) is 15.9. The van der Waals surface area contributed by atoms with E-state index in [0.29, 0.717) is 16.6 Å². The van der Waals surface area contributed by atoms with E-state index < -0.39 is 0 Å². The summed E-state index contributed by atoms with van der Waals surface area (Å²) in [6, 6.07) is 6.27. The fourth-order valence-electron chi connectivity index (χ4n) is 2.98. The molecule has 0 saturated carbocycles. The molecule has 1 unspecified atom stereocenters. The zero-order valence-electron chi connectivity index (χ0n) is 12.6. The molecule has 116 valence electrons. The third-order valence-corrected chi connectivity index (χ3v) is 4.51. The Labute approximate surface area is 131 Å². The van der Waals surface area contributed by atoms with Crippen molar-refractivity contribution in [2.24, 2.45) is 10.9 Å². The molecule has 1 aliphatic heterocycles. The Morgan fingerprint density at radius 3 is 2.76 bits per heavy atom. The van der Waals surface area contributed by atoms with E-state index in [0.717, 1.165) is 31.9 Å². The van der Waals surface area contributed by atoms with Gasteiger partial charge in [0.2, 0.25) is 0 Å². The number of amidine groups is 1. The van der Waals surface area contributed by atoms with Gasteiger partial charge in [-0.3, -0.25) is 4.90 Å². The first-order valence-electron chi connectivity index (χ1n) is 7.37. The fourth-order valence-corrected chi connectivity index (χ4v) is 3.25. The van der Waals surface area contributed by atoms with Gasteiger partial charge in [0.25, 0.3) is 0 Å². The molecule has 2 rings (SSSR count). The minimum absolute atomic E-state index is 0.0361. The van der Waals surface area contributed by atoms with Crippen LogP contribution in [0.2, 0.25) is 5.02 Å². The van der Waals surface area contributed by atoms with Gasteiger partial charge < -0.3 is 15.8 Å². The molecular formula is C15H23ClN4O. The first-order valence-corrected chi connectivity index (χ1v) is 7.74. The van der Waals surface area contributed by atoms with E-state index in [4.69, 9.17) is 22.5 Å². The lowest BCUT2D eigenvalue weighted by molar-refractivity contribution is 0.232. The Kier molecular flexibility index (Phi) is 5.31. The number of anilines is 1. The Hall–Kier alpha value is -1.46. The summed E-state index contributed by atoms with van der Waals surface area (Å²) in [6.45, 7) is 8.61. The number of nitrogens with zero attached hydrogens (tertiary/aromatic N) is 3. The summed E-state index contributed by atoms with van der Waals surface area (Å²) >= 11 is 6.23. The molecule has 6 heteroatoms. The van der Waals surface area contributed by atoms with E-state index in [2.05, 4.69) is 28.8 Å². The highest BCUT2D eigenvalue weighted by atomic mass is 35.5. The first-order chi connectivity index (χ1) is 10.1. The van der Waals surface area contributed by atoms with Gasteiger partial charge in [-0.05, 0) is 37.7 Å². The lowest BCUT2D eigenvalue weighted by Crippen LogP contribution is -2.37. The largest absolute Gasteiger partial charge is 0.409 e. The number of rotatable bonds is 5. The molecule has 5 nitrogen and oxygen atoms in total. The van der Waals surface area contributed by atoms with Crippen molar-refractivity contribution in [1.82, 2.24) is 4.90 Å². The maximum Gasteiger partial charge on any atom is 0.171 e. The highest BCUT2D eigenvalue weighted by molar-refractivity contribution is 6.34. The molecule has 0 aromatic heterocycles. The van der Waals surface area contributed by atoms with Crippen LogP contribution in [0.4, 0.5) is 5.69 Å². The number of oxime groups is 1. The van der Waals surface area contributed by atoms with Crippen LogP contribution in [0, 0.1) is 0 Å². The van der Waals surface area contributed by atoms with Crippen molar-refractivity contribution in [3.05, 3.63) is 28.8 Å². The van der Waals surface area contributed by atoms with Crippen molar-refractivity contribution < 1.29 is 5.21 Å². The lowest BCUT2D eigenvalue weighted by Gasteiger charge is -2.26. The van der Waals surface area contributed by atoms with Gasteiger partial charge in [0, 0.05) is 30.4 Å². The maximum absolute atomic E-state index is 8.73. The van der Waals surface area contributed by atoms with Gasteiger partial charge in [0.15, 0.2) is 5.84 Å². The fraction of sp³-hybridized carbons (Fsp3) is 0.533. The molecule has 1 atom stereocenters. The van der Waals surface area contributed by atoms with Crippen molar-refractivity contribution in [1.29, 1.82) is 0 Å². The number of benzene rings is 1. The van der Waals surface area contributed by atoms with Crippen LogP contribution in [0.15, 0.2) is 23.4 Å². The molecule has 0 amide bonds. The smallest absolute Gasteiger partial charge is 0.171 e. The Bertz CT molecular complexity index is 516. The Balaban J connectivity index is 2.12. The van der Waals surface area contributed by atoms with Gasteiger partial charge in [-0.25, -0.2) is 0 Å². The summed E-state index contributed by atoms with van der Waals surface area (Å²) in [4.78, 5) is 4.83. The number of nitrogens with two attached hydrogens (primary N) is 1. The molecule has 1 aromatic carbocycles. The number of halogens is 1. The van der Waals surface area contributed by atoms with Crippen LogP contribution in [0.1, 0.15) is 25.8 Å². The molecule has 0 spiro atoms. The molecule has 1 saturated heterocycles. The Morgan fingerprint density at radius 1 is 1.48 bits per heavy atom. The summed E-state index contributed by atoms with van der Waals surface area (Å²) < 4.78 is 0. The second kappa shape index (κ2) is 7.00. The lowest BCUT2D eigenvalue weighted by atomic mass is 10.2. The second-order valence-corrected chi connectivity index (χ2v) is 5.67. The standard InChI is InChI=1S/C15H23ClN4O/c1-3-19(4-2)12-7-8-20(10-12)11-5-6-13(14(16)9-11)15(17)18-21/h5-6,9,12,21H,3-4,7-8,10H2,1-2H3,(H2,17,18). The zero-order valence-corrected chi connectivity index (χ0v) is 13.3. The second-order valence-electron chi connectivity index (χ2n) is 5.26. The molecule has 0 aliphatic carbocycles. The molecule has 1 fully saturated rings. The van der Waals surface area contributed by atoms with Crippen LogP contribution >= 0.6 is 11.6 Å². The molecule has 3 N–H and O–H groups in total. The van der Waals surface area contributed by atoms with E-state index in [9.17, 15) is 0 Å². The van der Waals surface area contributed by atoms with Crippen LogP contribution in [-0.4, -0.2) is 48.2 Å². The third-order valence-electron chi connectivity index (χ3n) is 4.19. The average molecular weight is 311 g/mol. The number of hydrogen-bond acceptors (Lipinski definition) is 4. The van der Waals surface area contributed by atoms with Gasteiger partial charge in [0.1, 0.15) is 0 Å². The highest BCUT2D eigenvalue weighted by Gasteiger charge is 2.26. The minimum atomic E-state index is 0.0361. The van der Waals surface area contributed by atoms with Crippen molar-refractivity contribution >= 4 is 23.1 Å². The molecular weight excluding hydrogens is 288 g/mol. The quantitative estimate of drug-likeness (QED) is 0.379. The average Bonchev–Trinajstić information content (AvgIpc) is 2.97. The highest BCUT2D eigenvalue weighted by Crippen LogP contribution is 2.27. The van der Waals surface area contributed by atoms with E-state index in [-0.39, 0.29) is 5.84 Å². The van der Waals surface area contributed by atoms with Crippen molar-refractivity contribution in [3.8, 4) is 0 Å². The van der Waals surface area contributed by atoms with Crippen LogP contribution in [0.3, 0.4) is 0 Å². The normalized spacial score (nSPS) is 19.5. The van der Waals surface area contributed by atoms with Gasteiger partial charge in [0.05, 0.1) is 5.02 Å². The Morgan fingerprint density at radius 2 is 2.19 bits per heavy atom. The predicted octanol–water partition coefficient (Wildman–Crippen LogP) is 2.36. The van der Waals surface area contributed by atoms with Crippen LogP contribution in [-0.2, 0) is 0 Å². The van der Waals surface area contributed by atoms with Crippen molar-refractivity contribution in [2.45, 2.75) is 26.3 Å². The topological polar surface area (TPSA) is 65.1 Å². The van der Waals surface area contributed by atoms with Gasteiger partial charge in [-0.1, -0.05) is 30.6 Å². The number of likely N-dealkylation sites (N-methyl/N-ethyl adjacent to an activating group) is 1. The van der Waals surface area contributed by atoms with Crippen LogP contribution in [0.5, 0.6) is 0 Å². The van der Waals surface area contributed by atoms with Crippen LogP contribution in [0.25, 0.3) is 0 Å². The van der Waals surface area contributed by atoms with Crippen molar-refractivity contribution in [3.63, 3.8) is 0 Å². The summed E-state index contributed by atoms with van der Waals surface area (Å²) in [6.07, 6.45) is 1.17. The molecule has 1 heterocycles. The minimum Gasteiger partial charge on any atom is -0.409 e. The summed E-state index contributed by atoms with van der Waals surface area (Å²) in [5.41, 5.74) is 7.24. The van der Waals surface area contributed by atoms with Gasteiger partial charge in [-0.15, -0.1) is 0 Å². The van der Waals surface area contributed by atoms with E-state index >= 15 is 0 Å². The molecule has 0 radical (unpaired) electrons. The SMILES string of the molecule is CCN(CC)C1CCN(c2ccc(C(N)=NO)c(Cl)c2)C1. The summed E-state index contributed by atoms with van der Waals surface area (Å²) in [7, 11) is 0. The van der Waals surface area contributed by atoms with E-state index in [1.54, 1.807) is 6.07 Å².